The minimum atomic E-state index is -2.02. The molecule has 25 N–H and O–H groups in total. The van der Waals surface area contributed by atoms with E-state index in [1.54, 1.807) is 48.5 Å². The first-order valence-electron chi connectivity index (χ1n) is 36.1. The number of rotatable bonds is 51. The number of hydrogen-bond donors (Lipinski definition) is 21. The van der Waals surface area contributed by atoms with E-state index in [0.717, 1.165) is 0 Å². The van der Waals surface area contributed by atoms with Crippen LogP contribution >= 0.6 is 0 Å². The quantitative estimate of drug-likeness (QED) is 0.0173. The molecule has 13 amide bonds. The van der Waals surface area contributed by atoms with Gasteiger partial charge in [0.15, 0.2) is 5.96 Å². The highest BCUT2D eigenvalue weighted by molar-refractivity contribution is 6.00. The third kappa shape index (κ3) is 36.8. The molecule has 0 aliphatic carbocycles. The van der Waals surface area contributed by atoms with Crippen molar-refractivity contribution in [3.63, 3.8) is 0 Å². The van der Waals surface area contributed by atoms with Crippen LogP contribution in [0.4, 0.5) is 0 Å². The number of phenolic OH excluding ortho intramolecular Hbond substituents is 1. The van der Waals surface area contributed by atoms with Crippen molar-refractivity contribution in [2.75, 3.05) is 13.2 Å². The van der Waals surface area contributed by atoms with Crippen LogP contribution in [0.1, 0.15) is 173 Å². The first-order chi connectivity index (χ1) is 50.3. The number of carboxylic acids is 3. The van der Waals surface area contributed by atoms with Crippen LogP contribution in [0, 0.1) is 35.5 Å². The van der Waals surface area contributed by atoms with Gasteiger partial charge in [-0.15, -0.1) is 0 Å². The Hall–Kier alpha value is -10.3. The molecule has 0 aliphatic heterocycles. The number of phenols is 1. The second kappa shape index (κ2) is 48.1. The fraction of sp³-hybridized carbons (Fsp3) is 0.671. The molecular weight excluding hydrogens is 1410 g/mol. The van der Waals surface area contributed by atoms with E-state index in [-0.39, 0.29) is 86.0 Å². The molecule has 38 nitrogen and oxygen atoms in total. The summed E-state index contributed by atoms with van der Waals surface area (Å²) in [5.74, 6) is -20.2. The number of nitrogens with two attached hydrogens (primary N) is 4. The number of aliphatic hydroxyl groups excluding tert-OH is 1. The van der Waals surface area contributed by atoms with Gasteiger partial charge in [0.05, 0.1) is 19.1 Å². The van der Waals surface area contributed by atoms with Gasteiger partial charge in [-0.3, -0.25) is 76.9 Å². The third-order valence-corrected chi connectivity index (χ3v) is 16.9. The Bertz CT molecular complexity index is 3260. The summed E-state index contributed by atoms with van der Waals surface area (Å²) >= 11 is 0. The first kappa shape index (κ1) is 95.7. The minimum Gasteiger partial charge on any atom is -0.508 e. The summed E-state index contributed by atoms with van der Waals surface area (Å²) in [6.45, 7) is 20.6. The van der Waals surface area contributed by atoms with Gasteiger partial charge in [-0.2, -0.15) is 0 Å². The fourth-order valence-corrected chi connectivity index (χ4v) is 10.8. The molecule has 1 rings (SSSR count). The maximum atomic E-state index is 14.4. The molecule has 0 radical (unpaired) electrons. The third-order valence-electron chi connectivity index (χ3n) is 16.9. The average Bonchev–Trinajstić information content (AvgIpc) is 0.851. The van der Waals surface area contributed by atoms with Crippen LogP contribution in [0.2, 0.25) is 0 Å². The smallest absolute Gasteiger partial charge is 0.326 e. The van der Waals surface area contributed by atoms with Crippen molar-refractivity contribution in [3.8, 4) is 5.75 Å². The summed E-state index contributed by atoms with van der Waals surface area (Å²) in [7, 11) is 0. The molecule has 14 atom stereocenters. The van der Waals surface area contributed by atoms with E-state index in [9.17, 15) is 102 Å². The highest BCUT2D eigenvalue weighted by Gasteiger charge is 2.39. The van der Waals surface area contributed by atoms with E-state index in [1.807, 2.05) is 27.7 Å². The van der Waals surface area contributed by atoms with E-state index in [4.69, 9.17) is 22.9 Å². The van der Waals surface area contributed by atoms with Crippen molar-refractivity contribution >= 4 is 101 Å². The number of hydrogen-bond acceptors (Lipinski definition) is 20. The van der Waals surface area contributed by atoms with Gasteiger partial charge in [-0.1, -0.05) is 102 Å². The fourth-order valence-electron chi connectivity index (χ4n) is 10.8. The SMILES string of the molecule is CC[C@H](C)[C@H](NC(=O)[C@H](CCC(N)=O)NC(=O)[C@H](CO)NC(=O)[C@H](Cc1ccc(O)cc1)NC(=O)[C@H](CC(=O)O)NC(=O)[C@H](CC(C)C)NC(=O)[C@H](C)NC(=O)[C@@H](NC(=O)[C@H](CC(C)C)NC(=O)[C@@H](N)CC(C)C)C(C)C)C(=O)N[C@@H](CCC(=O)O)C(=O)N[C@@H](CC(C)C)C(=O)N[C@@H](CCCN=C(N)N)C(=O)O. The number of amides is 13. The van der Waals surface area contributed by atoms with Crippen LogP contribution in [-0.4, -0.2) is 218 Å². The van der Waals surface area contributed by atoms with E-state index >= 15 is 0 Å². The van der Waals surface area contributed by atoms with Crippen LogP contribution in [0.3, 0.4) is 0 Å². The second-order valence-corrected chi connectivity index (χ2v) is 28.9. The predicted molar refractivity (Wildman–Crippen MR) is 393 cm³/mol. The van der Waals surface area contributed by atoms with E-state index in [2.05, 4.69) is 68.8 Å². The molecule has 0 aromatic heterocycles. The van der Waals surface area contributed by atoms with Gasteiger partial charge in [-0.25, -0.2) is 4.79 Å². The number of aromatic hydroxyl groups is 1. The summed E-state index contributed by atoms with van der Waals surface area (Å²) in [5, 5.41) is 79.6. The molecule has 0 bridgehead atoms. The summed E-state index contributed by atoms with van der Waals surface area (Å²) in [6, 6.07) is -14.9. The number of primary amides is 1. The van der Waals surface area contributed by atoms with Crippen molar-refractivity contribution in [3.05, 3.63) is 29.8 Å². The van der Waals surface area contributed by atoms with Crippen LogP contribution in [-0.2, 0) is 83.1 Å². The van der Waals surface area contributed by atoms with E-state index in [1.165, 1.54) is 38.1 Å². The molecule has 1 aromatic rings. The lowest BCUT2D eigenvalue weighted by atomic mass is 9.96. The normalized spacial score (nSPS) is 15.2. The summed E-state index contributed by atoms with van der Waals surface area (Å²) in [6.07, 6.45) is -3.60. The average molecular weight is 1530 g/mol. The molecular formula is C70H117N17O21. The number of aliphatic hydroxyl groups is 1. The summed E-state index contributed by atoms with van der Waals surface area (Å²) in [5.41, 5.74) is 22.5. The largest absolute Gasteiger partial charge is 0.508 e. The van der Waals surface area contributed by atoms with Gasteiger partial charge in [0.2, 0.25) is 76.8 Å². The molecule has 38 heteroatoms. The van der Waals surface area contributed by atoms with Gasteiger partial charge in [-0.05, 0) is 111 Å². The summed E-state index contributed by atoms with van der Waals surface area (Å²) in [4.78, 5) is 220. The number of carbonyl (C=O) groups is 16. The molecule has 0 saturated heterocycles. The Morgan fingerprint density at radius 1 is 0.417 bits per heavy atom. The van der Waals surface area contributed by atoms with Crippen molar-refractivity contribution < 1.29 is 102 Å². The number of nitrogens with zero attached hydrogens (tertiary/aromatic N) is 1. The van der Waals surface area contributed by atoms with Crippen molar-refractivity contribution in [1.82, 2.24) is 63.8 Å². The molecule has 1 aromatic carbocycles. The lowest BCUT2D eigenvalue weighted by molar-refractivity contribution is -0.142. The standard InChI is InChI=1S/C70H117N17O21/c1-14-38(12)56(68(106)78-44(22-24-53(91)92)59(97)82-47(28-35(6)7)61(99)79-45(69(107)108)16-15-25-75-70(73)74)87-60(98)43(21-23-52(72)90)77-66(104)51(32-88)85-63(101)49(30-40-17-19-41(89)20-18-40)83-64(102)50(31-54(93)94)84-62(100)46(27-34(4)5)80-57(95)39(13)76-67(105)55(37(10)11)86-65(103)48(29-36(8)9)81-58(96)42(71)26-33(2)3/h17-20,33-39,42-51,55-56,88-89H,14-16,21-32,71H2,1-13H3,(H2,72,90)(H,76,105)(H,77,104)(H,78,106)(H,79,99)(H,80,95)(H,81,96)(H,82,97)(H,83,102)(H,84,100)(H,85,101)(H,86,103)(H,87,98)(H,91,92)(H,93,94)(H,107,108)(H4,73,74,75)/t38-,39-,42-,43-,44-,45-,46-,47-,48-,49-,50-,51-,55-,56-/m0/s1. The maximum absolute atomic E-state index is 14.4. The Balaban J connectivity index is 3.65. The zero-order valence-corrected chi connectivity index (χ0v) is 63.9. The van der Waals surface area contributed by atoms with Gasteiger partial charge >= 0.3 is 17.9 Å². The number of benzene rings is 1. The maximum Gasteiger partial charge on any atom is 0.326 e. The molecule has 0 heterocycles. The summed E-state index contributed by atoms with van der Waals surface area (Å²) < 4.78 is 0. The van der Waals surface area contributed by atoms with Crippen LogP contribution < -0.4 is 86.7 Å². The van der Waals surface area contributed by atoms with Gasteiger partial charge < -0.3 is 112 Å². The lowest BCUT2D eigenvalue weighted by Crippen LogP contribution is -2.62. The number of carbonyl (C=O) groups excluding carboxylic acids is 13. The predicted octanol–water partition coefficient (Wildman–Crippen LogP) is -3.28. The monoisotopic (exact) mass is 1530 g/mol. The number of guanidine groups is 1. The first-order valence-corrected chi connectivity index (χ1v) is 36.1. The topological polar surface area (TPSA) is 635 Å². The molecule has 108 heavy (non-hydrogen) atoms. The molecule has 0 fully saturated rings. The zero-order chi connectivity index (χ0) is 82.6. The number of nitrogens with one attached hydrogen (secondary N) is 12. The van der Waals surface area contributed by atoms with Gasteiger partial charge in [0, 0.05) is 25.8 Å². The molecule has 0 aliphatic rings. The van der Waals surface area contributed by atoms with Crippen LogP contribution in [0.5, 0.6) is 5.75 Å². The van der Waals surface area contributed by atoms with Gasteiger partial charge in [0.25, 0.3) is 0 Å². The number of aliphatic carboxylic acids is 3. The second-order valence-electron chi connectivity index (χ2n) is 28.9. The molecule has 0 saturated carbocycles. The lowest BCUT2D eigenvalue weighted by Gasteiger charge is -2.30. The highest BCUT2D eigenvalue weighted by Crippen LogP contribution is 2.17. The Kier molecular flexibility index (Phi) is 42.7. The van der Waals surface area contributed by atoms with Crippen molar-refractivity contribution in [2.45, 2.75) is 252 Å². The molecule has 0 unspecified atom stereocenters. The minimum absolute atomic E-state index is 0.0336. The Morgan fingerprint density at radius 3 is 1.27 bits per heavy atom. The molecule has 0 spiro atoms. The Morgan fingerprint density at radius 2 is 0.806 bits per heavy atom. The van der Waals surface area contributed by atoms with Crippen molar-refractivity contribution in [2.24, 2.45) is 63.4 Å². The van der Waals surface area contributed by atoms with Crippen LogP contribution in [0.15, 0.2) is 29.3 Å². The molecule has 608 valence electrons. The van der Waals surface area contributed by atoms with Crippen molar-refractivity contribution in [1.29, 1.82) is 0 Å². The van der Waals surface area contributed by atoms with E-state index in [0.29, 0.717) is 6.42 Å². The van der Waals surface area contributed by atoms with Gasteiger partial charge in [0.1, 0.15) is 78.3 Å². The number of carboxylic acid groups (broad SMARTS) is 3. The Labute approximate surface area is 628 Å². The van der Waals surface area contributed by atoms with E-state index < -0.39 is 230 Å². The van der Waals surface area contributed by atoms with Crippen LogP contribution in [0.25, 0.3) is 0 Å². The zero-order valence-electron chi connectivity index (χ0n) is 63.9. The number of aliphatic imine (C=N–C) groups is 1. The highest BCUT2D eigenvalue weighted by atomic mass is 16.4.